The second-order valence-electron chi connectivity index (χ2n) is 6.34. The largest absolute Gasteiger partial charge is 0.326 e. The lowest BCUT2D eigenvalue weighted by molar-refractivity contribution is -0.117. The number of rotatable bonds is 6. The van der Waals surface area contributed by atoms with Gasteiger partial charge in [-0.25, -0.2) is 4.68 Å². The number of amides is 3. The molecular formula is C21H19N5O4. The molecule has 2 aromatic carbocycles. The highest BCUT2D eigenvalue weighted by molar-refractivity contribution is 6.02. The van der Waals surface area contributed by atoms with Crippen LogP contribution in [0.25, 0.3) is 0 Å². The summed E-state index contributed by atoms with van der Waals surface area (Å²) in [5, 5.41) is 11.9. The van der Waals surface area contributed by atoms with Crippen molar-refractivity contribution in [1.29, 1.82) is 0 Å². The van der Waals surface area contributed by atoms with E-state index >= 15 is 0 Å². The van der Waals surface area contributed by atoms with Crippen LogP contribution in [0.2, 0.25) is 0 Å². The van der Waals surface area contributed by atoms with Crippen molar-refractivity contribution in [2.75, 3.05) is 16.0 Å². The maximum atomic E-state index is 12.3. The number of nitrogens with one attached hydrogen (secondary N) is 3. The molecule has 3 aromatic rings. The van der Waals surface area contributed by atoms with Gasteiger partial charge in [0, 0.05) is 30.1 Å². The van der Waals surface area contributed by atoms with Crippen LogP contribution in [0, 0.1) is 0 Å². The summed E-state index contributed by atoms with van der Waals surface area (Å²) in [4.78, 5) is 47.7. The molecule has 0 spiro atoms. The minimum atomic E-state index is -0.512. The molecule has 3 N–H and O–H groups in total. The number of aromatic nitrogens is 2. The zero-order chi connectivity index (χ0) is 21.5. The maximum absolute atomic E-state index is 12.3. The number of nitrogens with zero attached hydrogens (tertiary/aromatic N) is 2. The Hall–Kier alpha value is -4.27. The lowest BCUT2D eigenvalue weighted by Crippen LogP contribution is -2.31. The van der Waals surface area contributed by atoms with Gasteiger partial charge in [0.15, 0.2) is 0 Å². The smallest absolute Gasteiger partial charge is 0.276 e. The molecule has 0 radical (unpaired) electrons. The minimum Gasteiger partial charge on any atom is -0.326 e. The Balaban J connectivity index is 1.66. The lowest BCUT2D eigenvalue weighted by atomic mass is 10.2. The lowest BCUT2D eigenvalue weighted by Gasteiger charge is -2.09. The van der Waals surface area contributed by atoms with Crippen LogP contribution in [-0.2, 0) is 16.1 Å². The van der Waals surface area contributed by atoms with E-state index in [4.69, 9.17) is 0 Å². The summed E-state index contributed by atoms with van der Waals surface area (Å²) in [5.74, 6) is -1.19. The van der Waals surface area contributed by atoms with E-state index in [9.17, 15) is 19.2 Å². The molecule has 0 aliphatic heterocycles. The first-order valence-corrected chi connectivity index (χ1v) is 9.03. The third kappa shape index (κ3) is 5.61. The standard InChI is InChI=1S/C21H19N5O4/c1-14(27)22-16-7-9-17(10-8-16)23-19(28)13-26-20(29)12-11-18(25-26)21(30)24-15-5-3-2-4-6-15/h2-12H,13H2,1H3,(H,22,27)(H,23,28)(H,24,30). The Bertz CT molecular complexity index is 1120. The van der Waals surface area contributed by atoms with Gasteiger partial charge in [0.1, 0.15) is 12.2 Å². The van der Waals surface area contributed by atoms with E-state index in [0.29, 0.717) is 17.1 Å². The molecule has 0 saturated carbocycles. The van der Waals surface area contributed by atoms with Gasteiger partial charge in [0.05, 0.1) is 0 Å². The van der Waals surface area contributed by atoms with Crippen molar-refractivity contribution in [1.82, 2.24) is 9.78 Å². The average molecular weight is 405 g/mol. The van der Waals surface area contributed by atoms with Gasteiger partial charge in [-0.2, -0.15) is 5.10 Å². The second kappa shape index (κ2) is 9.28. The van der Waals surface area contributed by atoms with E-state index in [-0.39, 0.29) is 18.1 Å². The number of carbonyl (C=O) groups excluding carboxylic acids is 3. The zero-order valence-corrected chi connectivity index (χ0v) is 16.1. The summed E-state index contributed by atoms with van der Waals surface area (Å²) in [7, 11) is 0. The first-order valence-electron chi connectivity index (χ1n) is 9.03. The van der Waals surface area contributed by atoms with Gasteiger partial charge in [-0.15, -0.1) is 0 Å². The second-order valence-corrected chi connectivity index (χ2v) is 6.34. The highest BCUT2D eigenvalue weighted by Gasteiger charge is 2.12. The maximum Gasteiger partial charge on any atom is 0.276 e. The topological polar surface area (TPSA) is 122 Å². The molecule has 0 fully saturated rings. The van der Waals surface area contributed by atoms with Gasteiger partial charge < -0.3 is 16.0 Å². The van der Waals surface area contributed by atoms with Crippen molar-refractivity contribution in [2.45, 2.75) is 13.5 Å². The SMILES string of the molecule is CC(=O)Nc1ccc(NC(=O)Cn2nc(C(=O)Nc3ccccc3)ccc2=O)cc1. The first-order chi connectivity index (χ1) is 14.4. The van der Waals surface area contributed by atoms with E-state index in [1.54, 1.807) is 48.5 Å². The van der Waals surface area contributed by atoms with E-state index in [1.165, 1.54) is 19.1 Å². The van der Waals surface area contributed by atoms with Gasteiger partial charge in [0.2, 0.25) is 11.8 Å². The minimum absolute atomic E-state index is 0.00548. The molecule has 0 aliphatic carbocycles. The highest BCUT2D eigenvalue weighted by Crippen LogP contribution is 2.13. The van der Waals surface area contributed by atoms with Crippen molar-refractivity contribution in [3.05, 3.63) is 82.8 Å². The number of benzene rings is 2. The highest BCUT2D eigenvalue weighted by atomic mass is 16.2. The quantitative estimate of drug-likeness (QED) is 0.580. The molecule has 152 valence electrons. The number of hydrogen-bond acceptors (Lipinski definition) is 5. The fourth-order valence-electron chi connectivity index (χ4n) is 2.58. The summed E-state index contributed by atoms with van der Waals surface area (Å²) in [5.41, 5.74) is 1.16. The predicted octanol–water partition coefficient (Wildman–Crippen LogP) is 2.09. The fourth-order valence-corrected chi connectivity index (χ4v) is 2.58. The molecule has 30 heavy (non-hydrogen) atoms. The summed E-state index contributed by atoms with van der Waals surface area (Å²) in [6.45, 7) is 1.04. The van der Waals surface area contributed by atoms with Crippen molar-refractivity contribution in [2.24, 2.45) is 0 Å². The Morgan fingerprint density at radius 2 is 1.40 bits per heavy atom. The van der Waals surface area contributed by atoms with E-state index in [0.717, 1.165) is 4.68 Å². The first kappa shape index (κ1) is 20.5. The summed E-state index contributed by atoms with van der Waals surface area (Å²) in [6, 6.07) is 17.8. The van der Waals surface area contributed by atoms with Crippen LogP contribution in [0.4, 0.5) is 17.1 Å². The molecule has 9 nitrogen and oxygen atoms in total. The summed E-state index contributed by atoms with van der Waals surface area (Å²) in [6.07, 6.45) is 0. The molecule has 3 rings (SSSR count). The van der Waals surface area contributed by atoms with E-state index in [2.05, 4.69) is 21.0 Å². The summed E-state index contributed by atoms with van der Waals surface area (Å²) < 4.78 is 0.918. The van der Waals surface area contributed by atoms with Crippen LogP contribution < -0.4 is 21.5 Å². The number of anilines is 3. The third-order valence-electron chi connectivity index (χ3n) is 3.91. The zero-order valence-electron chi connectivity index (χ0n) is 16.1. The molecule has 0 bridgehead atoms. The molecule has 0 unspecified atom stereocenters. The number of carbonyl (C=O) groups is 3. The Morgan fingerprint density at radius 1 is 0.800 bits per heavy atom. The Labute approximate surface area is 171 Å². The van der Waals surface area contributed by atoms with Crippen molar-refractivity contribution in [3.8, 4) is 0 Å². The van der Waals surface area contributed by atoms with Crippen LogP contribution in [0.3, 0.4) is 0 Å². The molecule has 3 amide bonds. The monoisotopic (exact) mass is 405 g/mol. The normalized spacial score (nSPS) is 10.2. The van der Waals surface area contributed by atoms with Gasteiger partial charge in [-0.3, -0.25) is 19.2 Å². The van der Waals surface area contributed by atoms with Crippen LogP contribution in [-0.4, -0.2) is 27.5 Å². The van der Waals surface area contributed by atoms with Crippen molar-refractivity contribution < 1.29 is 14.4 Å². The number of hydrogen-bond donors (Lipinski definition) is 3. The van der Waals surface area contributed by atoms with Gasteiger partial charge in [0.25, 0.3) is 11.5 Å². The molecule has 0 atom stereocenters. The predicted molar refractivity (Wildman–Crippen MR) is 112 cm³/mol. The van der Waals surface area contributed by atoms with Gasteiger partial charge in [-0.05, 0) is 42.5 Å². The molecule has 9 heteroatoms. The Morgan fingerprint density at radius 3 is 2.03 bits per heavy atom. The molecular weight excluding hydrogens is 386 g/mol. The average Bonchev–Trinajstić information content (AvgIpc) is 2.71. The van der Waals surface area contributed by atoms with Crippen LogP contribution in [0.15, 0.2) is 71.5 Å². The molecule has 1 aromatic heterocycles. The van der Waals surface area contributed by atoms with Gasteiger partial charge in [-0.1, -0.05) is 18.2 Å². The van der Waals surface area contributed by atoms with Crippen LogP contribution in [0.5, 0.6) is 0 Å². The van der Waals surface area contributed by atoms with E-state index in [1.807, 2.05) is 6.07 Å². The van der Waals surface area contributed by atoms with Crippen LogP contribution in [0.1, 0.15) is 17.4 Å². The number of para-hydroxylation sites is 1. The molecule has 0 saturated heterocycles. The fraction of sp³-hybridized carbons (Fsp3) is 0.0952. The molecule has 1 heterocycles. The van der Waals surface area contributed by atoms with E-state index < -0.39 is 17.4 Å². The van der Waals surface area contributed by atoms with Crippen LogP contribution >= 0.6 is 0 Å². The Kier molecular flexibility index (Phi) is 6.33. The molecule has 0 aliphatic rings. The summed E-state index contributed by atoms with van der Waals surface area (Å²) >= 11 is 0. The van der Waals surface area contributed by atoms with Crippen molar-refractivity contribution >= 4 is 34.8 Å². The third-order valence-corrected chi connectivity index (χ3v) is 3.91. The van der Waals surface area contributed by atoms with Gasteiger partial charge >= 0.3 is 0 Å². The van der Waals surface area contributed by atoms with Crippen molar-refractivity contribution in [3.63, 3.8) is 0 Å².